The SMILES string of the molecule is CCC1NC(=O)NC1=O.COc1ccc2c(c1)C(=O)N(C)C2.Cc1ccccc1CNC=O. The van der Waals surface area contributed by atoms with Crippen LogP contribution >= 0.6 is 0 Å². The van der Waals surface area contributed by atoms with E-state index in [2.05, 4.69) is 16.0 Å². The van der Waals surface area contributed by atoms with E-state index in [1.807, 2.05) is 50.2 Å². The Labute approximate surface area is 193 Å². The second kappa shape index (κ2) is 12.2. The summed E-state index contributed by atoms with van der Waals surface area (Å²) in [5.74, 6) is 0.596. The number of fused-ring (bicyclic) bond motifs is 1. The lowest BCUT2D eigenvalue weighted by Crippen LogP contribution is -2.27. The van der Waals surface area contributed by atoms with E-state index in [1.165, 1.54) is 11.1 Å². The molecule has 2 aromatic rings. The third kappa shape index (κ3) is 7.06. The molecule has 0 aliphatic carbocycles. The van der Waals surface area contributed by atoms with Gasteiger partial charge in [0.25, 0.3) is 11.8 Å². The Balaban J connectivity index is 0.000000178. The molecular formula is C24H30N4O5. The molecule has 1 atom stereocenters. The van der Waals surface area contributed by atoms with E-state index in [9.17, 15) is 19.2 Å². The van der Waals surface area contributed by atoms with Gasteiger partial charge >= 0.3 is 6.03 Å². The number of urea groups is 1. The van der Waals surface area contributed by atoms with Crippen LogP contribution in [0.2, 0.25) is 0 Å². The van der Waals surface area contributed by atoms with Gasteiger partial charge in [0.15, 0.2) is 0 Å². The number of methoxy groups -OCH3 is 1. The number of benzene rings is 2. The molecule has 2 heterocycles. The molecule has 0 spiro atoms. The van der Waals surface area contributed by atoms with Crippen molar-refractivity contribution in [3.05, 3.63) is 64.7 Å². The lowest BCUT2D eigenvalue weighted by atomic mass is 10.1. The van der Waals surface area contributed by atoms with Gasteiger partial charge in [-0.3, -0.25) is 19.7 Å². The van der Waals surface area contributed by atoms with Crippen LogP contribution < -0.4 is 20.7 Å². The van der Waals surface area contributed by atoms with Crippen LogP contribution in [0.4, 0.5) is 4.79 Å². The number of nitrogens with one attached hydrogen (secondary N) is 3. The van der Waals surface area contributed by atoms with E-state index in [1.54, 1.807) is 25.1 Å². The summed E-state index contributed by atoms with van der Waals surface area (Å²) in [6.07, 6.45) is 1.37. The predicted molar refractivity (Wildman–Crippen MR) is 124 cm³/mol. The number of nitrogens with zero attached hydrogens (tertiary/aromatic N) is 1. The van der Waals surface area contributed by atoms with E-state index in [0.717, 1.165) is 16.9 Å². The molecule has 2 aromatic carbocycles. The maximum absolute atomic E-state index is 11.5. The van der Waals surface area contributed by atoms with Crippen molar-refractivity contribution in [2.24, 2.45) is 0 Å². The molecule has 1 saturated heterocycles. The lowest BCUT2D eigenvalue weighted by Gasteiger charge is -2.04. The molecule has 2 aliphatic rings. The number of amides is 5. The minimum Gasteiger partial charge on any atom is -0.497 e. The maximum Gasteiger partial charge on any atom is 0.322 e. The largest absolute Gasteiger partial charge is 0.497 e. The second-order valence-electron chi connectivity index (χ2n) is 7.53. The van der Waals surface area contributed by atoms with Gasteiger partial charge in [-0.2, -0.15) is 0 Å². The molecule has 2 aliphatic heterocycles. The van der Waals surface area contributed by atoms with Crippen molar-refractivity contribution in [1.82, 2.24) is 20.9 Å². The molecule has 0 bridgehead atoms. The summed E-state index contributed by atoms with van der Waals surface area (Å²) in [5, 5.41) is 7.21. The summed E-state index contributed by atoms with van der Waals surface area (Å²) in [4.78, 5) is 44.2. The first-order valence-electron chi connectivity index (χ1n) is 10.6. The molecule has 9 nitrogen and oxygen atoms in total. The molecule has 0 saturated carbocycles. The topological polar surface area (TPSA) is 117 Å². The number of rotatable bonds is 5. The Kier molecular flexibility index (Phi) is 9.41. The van der Waals surface area contributed by atoms with E-state index >= 15 is 0 Å². The van der Waals surface area contributed by atoms with Gasteiger partial charge in [-0.15, -0.1) is 0 Å². The molecule has 0 aromatic heterocycles. The van der Waals surface area contributed by atoms with Crippen molar-refractivity contribution in [1.29, 1.82) is 0 Å². The van der Waals surface area contributed by atoms with Crippen LogP contribution in [-0.4, -0.2) is 49.4 Å². The van der Waals surface area contributed by atoms with Crippen LogP contribution in [0.25, 0.3) is 0 Å². The van der Waals surface area contributed by atoms with Crippen LogP contribution in [0.5, 0.6) is 5.75 Å². The summed E-state index contributed by atoms with van der Waals surface area (Å²) < 4.78 is 5.05. The van der Waals surface area contributed by atoms with Crippen LogP contribution in [0, 0.1) is 6.92 Å². The summed E-state index contributed by atoms with van der Waals surface area (Å²) in [7, 11) is 3.40. The van der Waals surface area contributed by atoms with Gasteiger partial charge in [0, 0.05) is 25.7 Å². The van der Waals surface area contributed by atoms with Gasteiger partial charge in [0.1, 0.15) is 11.8 Å². The minimum absolute atomic E-state index is 0.0777. The minimum atomic E-state index is -0.383. The smallest absolute Gasteiger partial charge is 0.322 e. The average Bonchev–Trinajstić information content (AvgIpc) is 3.30. The highest BCUT2D eigenvalue weighted by atomic mass is 16.5. The van der Waals surface area contributed by atoms with Gasteiger partial charge in [-0.25, -0.2) is 4.79 Å². The van der Waals surface area contributed by atoms with Crippen LogP contribution in [0.3, 0.4) is 0 Å². The molecule has 176 valence electrons. The number of hydrogen-bond acceptors (Lipinski definition) is 5. The van der Waals surface area contributed by atoms with Crippen molar-refractivity contribution in [2.75, 3.05) is 14.2 Å². The van der Waals surface area contributed by atoms with Crippen LogP contribution in [0.1, 0.15) is 40.4 Å². The lowest BCUT2D eigenvalue weighted by molar-refractivity contribution is -0.120. The van der Waals surface area contributed by atoms with E-state index in [4.69, 9.17) is 4.74 Å². The Morgan fingerprint density at radius 3 is 2.45 bits per heavy atom. The molecule has 4 rings (SSSR count). The fourth-order valence-electron chi connectivity index (χ4n) is 3.26. The molecule has 33 heavy (non-hydrogen) atoms. The van der Waals surface area contributed by atoms with Gasteiger partial charge in [-0.05, 0) is 42.2 Å². The number of aryl methyl sites for hydroxylation is 1. The molecule has 1 unspecified atom stereocenters. The molecule has 9 heteroatoms. The quantitative estimate of drug-likeness (QED) is 0.473. The molecule has 1 fully saturated rings. The van der Waals surface area contributed by atoms with Crippen molar-refractivity contribution >= 4 is 24.3 Å². The van der Waals surface area contributed by atoms with Crippen LogP contribution in [0.15, 0.2) is 42.5 Å². The van der Waals surface area contributed by atoms with Gasteiger partial charge < -0.3 is 20.3 Å². The molecule has 3 N–H and O–H groups in total. The number of ether oxygens (including phenoxy) is 1. The fraction of sp³-hybridized carbons (Fsp3) is 0.333. The van der Waals surface area contributed by atoms with Gasteiger partial charge in [0.2, 0.25) is 6.41 Å². The standard InChI is InChI=1S/C10H11NO2.C9H11NO.C5H8N2O2/c1-11-6-7-3-4-8(13-2)5-9(7)10(11)12;1-8-4-2-3-5-9(8)6-10-7-11;1-2-3-4(8)7-5(9)6-3/h3-5H,6H2,1-2H3;2-5,7H,6H2,1H3,(H,10,11);3H,2H2,1H3,(H2,6,7,8,9). The van der Waals surface area contributed by atoms with E-state index in [-0.39, 0.29) is 23.9 Å². The van der Waals surface area contributed by atoms with Crippen LogP contribution in [-0.2, 0) is 22.7 Å². The highest BCUT2D eigenvalue weighted by molar-refractivity contribution is 6.04. The third-order valence-electron chi connectivity index (χ3n) is 5.21. The number of hydrogen-bond donors (Lipinski definition) is 3. The van der Waals surface area contributed by atoms with Crippen molar-refractivity contribution in [3.63, 3.8) is 0 Å². The first-order valence-corrected chi connectivity index (χ1v) is 10.6. The summed E-state index contributed by atoms with van der Waals surface area (Å²) >= 11 is 0. The zero-order valence-corrected chi connectivity index (χ0v) is 19.3. The van der Waals surface area contributed by atoms with E-state index < -0.39 is 0 Å². The van der Waals surface area contributed by atoms with Crippen molar-refractivity contribution < 1.29 is 23.9 Å². The molecule has 0 radical (unpaired) electrons. The normalized spacial score (nSPS) is 15.8. The Bertz CT molecular complexity index is 1010. The number of carbonyl (C=O) groups is 4. The predicted octanol–water partition coefficient (Wildman–Crippen LogP) is 2.13. The highest BCUT2D eigenvalue weighted by Gasteiger charge is 2.27. The van der Waals surface area contributed by atoms with Crippen molar-refractivity contribution in [3.8, 4) is 5.75 Å². The summed E-state index contributed by atoms with van der Waals surface area (Å²) in [6, 6.07) is 12.9. The Hall–Kier alpha value is -3.88. The average molecular weight is 455 g/mol. The van der Waals surface area contributed by atoms with Crippen molar-refractivity contribution in [2.45, 2.75) is 39.4 Å². The molecular weight excluding hydrogens is 424 g/mol. The summed E-state index contributed by atoms with van der Waals surface area (Å²) in [6.45, 7) is 5.20. The zero-order chi connectivity index (χ0) is 24.4. The second-order valence-corrected chi connectivity index (χ2v) is 7.53. The first kappa shape index (κ1) is 25.4. The fourth-order valence-corrected chi connectivity index (χ4v) is 3.26. The zero-order valence-electron chi connectivity index (χ0n) is 19.3. The highest BCUT2D eigenvalue weighted by Crippen LogP contribution is 2.25. The molecule has 5 amide bonds. The number of imide groups is 1. The summed E-state index contributed by atoms with van der Waals surface area (Å²) in [5.41, 5.74) is 4.22. The van der Waals surface area contributed by atoms with E-state index in [0.29, 0.717) is 25.9 Å². The maximum atomic E-state index is 11.5. The number of carbonyl (C=O) groups excluding carboxylic acids is 4. The third-order valence-corrected chi connectivity index (χ3v) is 5.21. The van der Waals surface area contributed by atoms with Gasteiger partial charge in [-0.1, -0.05) is 37.3 Å². The van der Waals surface area contributed by atoms with Gasteiger partial charge in [0.05, 0.1) is 7.11 Å². The monoisotopic (exact) mass is 454 g/mol. The Morgan fingerprint density at radius 2 is 1.91 bits per heavy atom. The Morgan fingerprint density at radius 1 is 1.18 bits per heavy atom. The first-order chi connectivity index (χ1) is 15.8.